The third kappa shape index (κ3) is 3.29. The van der Waals surface area contributed by atoms with E-state index in [0.717, 1.165) is 11.3 Å². The molecule has 1 amide bonds. The fourth-order valence-corrected chi connectivity index (χ4v) is 2.19. The van der Waals surface area contributed by atoms with E-state index in [2.05, 4.69) is 4.98 Å². The zero-order chi connectivity index (χ0) is 13.8. The molecule has 1 atom stereocenters. The SMILES string of the molecule is NC(CCC(=O)O)C(=O)N1CCc2ncccc2C1. The Morgan fingerprint density at radius 2 is 2.32 bits per heavy atom. The van der Waals surface area contributed by atoms with Crippen LogP contribution in [0, 0.1) is 0 Å². The second-order valence-corrected chi connectivity index (χ2v) is 4.66. The molecule has 2 heterocycles. The number of nitrogens with two attached hydrogens (primary N) is 1. The van der Waals surface area contributed by atoms with Gasteiger partial charge in [-0.05, 0) is 18.1 Å². The fraction of sp³-hybridized carbons (Fsp3) is 0.462. The minimum absolute atomic E-state index is 0.0844. The quantitative estimate of drug-likeness (QED) is 0.806. The number of carboxylic acids is 1. The monoisotopic (exact) mass is 263 g/mol. The Labute approximate surface area is 111 Å². The lowest BCUT2D eigenvalue weighted by molar-refractivity contribution is -0.137. The summed E-state index contributed by atoms with van der Waals surface area (Å²) < 4.78 is 0. The smallest absolute Gasteiger partial charge is 0.303 e. The lowest BCUT2D eigenvalue weighted by atomic mass is 10.0. The van der Waals surface area contributed by atoms with E-state index < -0.39 is 12.0 Å². The van der Waals surface area contributed by atoms with Gasteiger partial charge in [0.15, 0.2) is 0 Å². The van der Waals surface area contributed by atoms with Gasteiger partial charge in [-0.25, -0.2) is 0 Å². The van der Waals surface area contributed by atoms with Gasteiger partial charge < -0.3 is 15.7 Å². The van der Waals surface area contributed by atoms with Crippen molar-refractivity contribution in [3.05, 3.63) is 29.6 Å². The number of aliphatic carboxylic acids is 1. The maximum atomic E-state index is 12.1. The summed E-state index contributed by atoms with van der Waals surface area (Å²) in [4.78, 5) is 28.5. The Bertz CT molecular complexity index is 490. The average Bonchev–Trinajstić information content (AvgIpc) is 2.43. The van der Waals surface area contributed by atoms with Crippen LogP contribution >= 0.6 is 0 Å². The van der Waals surface area contributed by atoms with Crippen molar-refractivity contribution in [3.63, 3.8) is 0 Å². The zero-order valence-electron chi connectivity index (χ0n) is 10.6. The summed E-state index contributed by atoms with van der Waals surface area (Å²) in [6.07, 6.45) is 2.55. The van der Waals surface area contributed by atoms with Gasteiger partial charge in [0.1, 0.15) is 0 Å². The first kappa shape index (κ1) is 13.5. The molecule has 0 fully saturated rings. The molecule has 1 aliphatic heterocycles. The van der Waals surface area contributed by atoms with Crippen LogP contribution in [0.3, 0.4) is 0 Å². The Balaban J connectivity index is 1.96. The molecule has 1 aromatic rings. The van der Waals surface area contributed by atoms with Crippen LogP contribution in [0.25, 0.3) is 0 Å². The van der Waals surface area contributed by atoms with Crippen molar-refractivity contribution >= 4 is 11.9 Å². The van der Waals surface area contributed by atoms with Crippen LogP contribution in [-0.2, 0) is 22.6 Å². The summed E-state index contributed by atoms with van der Waals surface area (Å²) in [5, 5.41) is 8.60. The Morgan fingerprint density at radius 1 is 1.53 bits per heavy atom. The number of carbonyl (C=O) groups is 2. The normalized spacial score (nSPS) is 15.7. The van der Waals surface area contributed by atoms with Gasteiger partial charge in [0.2, 0.25) is 5.91 Å². The molecular formula is C13H17N3O3. The molecule has 0 bridgehead atoms. The molecule has 0 aliphatic carbocycles. The molecule has 6 nitrogen and oxygen atoms in total. The van der Waals surface area contributed by atoms with E-state index in [1.165, 1.54) is 0 Å². The second kappa shape index (κ2) is 5.79. The lowest BCUT2D eigenvalue weighted by Crippen LogP contribution is -2.46. The van der Waals surface area contributed by atoms with Gasteiger partial charge in [0.25, 0.3) is 0 Å². The van der Waals surface area contributed by atoms with Crippen molar-refractivity contribution in [3.8, 4) is 0 Å². The highest BCUT2D eigenvalue weighted by Gasteiger charge is 2.25. The Kier molecular flexibility index (Phi) is 4.11. The van der Waals surface area contributed by atoms with Crippen molar-refractivity contribution < 1.29 is 14.7 Å². The molecule has 102 valence electrons. The highest BCUT2D eigenvalue weighted by Crippen LogP contribution is 2.17. The largest absolute Gasteiger partial charge is 0.481 e. The van der Waals surface area contributed by atoms with Crippen molar-refractivity contribution in [1.82, 2.24) is 9.88 Å². The molecule has 2 rings (SSSR count). The van der Waals surface area contributed by atoms with Crippen molar-refractivity contribution in [2.24, 2.45) is 5.73 Å². The number of carbonyl (C=O) groups excluding carboxylic acids is 1. The van der Waals surface area contributed by atoms with E-state index in [1.807, 2.05) is 12.1 Å². The van der Waals surface area contributed by atoms with Crippen LogP contribution in [0.2, 0.25) is 0 Å². The third-order valence-corrected chi connectivity index (χ3v) is 3.26. The maximum Gasteiger partial charge on any atom is 0.303 e. The van der Waals surface area contributed by atoms with Gasteiger partial charge in [0.05, 0.1) is 6.04 Å². The number of amides is 1. The summed E-state index contributed by atoms with van der Waals surface area (Å²) in [5.41, 5.74) is 7.80. The first-order valence-electron chi connectivity index (χ1n) is 6.27. The van der Waals surface area contributed by atoms with E-state index in [9.17, 15) is 9.59 Å². The minimum Gasteiger partial charge on any atom is -0.481 e. The van der Waals surface area contributed by atoms with Crippen molar-refractivity contribution in [2.75, 3.05) is 6.54 Å². The number of hydrogen-bond donors (Lipinski definition) is 2. The first-order chi connectivity index (χ1) is 9.08. The highest BCUT2D eigenvalue weighted by molar-refractivity contribution is 5.82. The molecule has 0 aromatic carbocycles. The summed E-state index contributed by atoms with van der Waals surface area (Å²) in [6, 6.07) is 3.05. The lowest BCUT2D eigenvalue weighted by Gasteiger charge is -2.30. The van der Waals surface area contributed by atoms with Crippen molar-refractivity contribution in [1.29, 1.82) is 0 Å². The Morgan fingerprint density at radius 3 is 3.05 bits per heavy atom. The van der Waals surface area contributed by atoms with Crippen LogP contribution in [0.15, 0.2) is 18.3 Å². The number of hydrogen-bond acceptors (Lipinski definition) is 4. The fourth-order valence-electron chi connectivity index (χ4n) is 2.19. The zero-order valence-corrected chi connectivity index (χ0v) is 10.6. The van der Waals surface area contributed by atoms with Crippen LogP contribution in [0.1, 0.15) is 24.1 Å². The molecule has 0 spiro atoms. The molecular weight excluding hydrogens is 246 g/mol. The standard InChI is InChI=1S/C13H17N3O3/c14-10(3-4-12(17)18)13(19)16-7-5-11-9(8-16)2-1-6-15-11/h1-2,6,10H,3-5,7-8,14H2,(H,17,18). The minimum atomic E-state index is -0.934. The van der Waals surface area contributed by atoms with Gasteiger partial charge >= 0.3 is 5.97 Å². The maximum absolute atomic E-state index is 12.1. The molecule has 0 radical (unpaired) electrons. The van der Waals surface area contributed by atoms with E-state index >= 15 is 0 Å². The van der Waals surface area contributed by atoms with Crippen LogP contribution in [0.5, 0.6) is 0 Å². The number of carboxylic acid groups (broad SMARTS) is 1. The number of nitrogens with zero attached hydrogens (tertiary/aromatic N) is 2. The van der Waals surface area contributed by atoms with Crippen LogP contribution < -0.4 is 5.73 Å². The molecule has 0 saturated heterocycles. The number of rotatable bonds is 4. The predicted octanol–water partition coefficient (Wildman–Crippen LogP) is 0.158. The van der Waals surface area contributed by atoms with E-state index in [0.29, 0.717) is 19.5 Å². The molecule has 6 heteroatoms. The topological polar surface area (TPSA) is 96.5 Å². The van der Waals surface area contributed by atoms with E-state index in [4.69, 9.17) is 10.8 Å². The number of aromatic nitrogens is 1. The van der Waals surface area contributed by atoms with Gasteiger partial charge in [-0.1, -0.05) is 6.07 Å². The number of fused-ring (bicyclic) bond motifs is 1. The Hall–Kier alpha value is -1.95. The summed E-state index contributed by atoms with van der Waals surface area (Å²) >= 11 is 0. The number of pyridine rings is 1. The van der Waals surface area contributed by atoms with Crippen LogP contribution in [-0.4, -0.2) is 39.5 Å². The molecule has 1 aromatic heterocycles. The van der Waals surface area contributed by atoms with Gasteiger partial charge in [0, 0.05) is 37.8 Å². The molecule has 1 unspecified atom stereocenters. The van der Waals surface area contributed by atoms with Crippen LogP contribution in [0.4, 0.5) is 0 Å². The van der Waals surface area contributed by atoms with E-state index in [1.54, 1.807) is 11.1 Å². The predicted molar refractivity (Wildman–Crippen MR) is 68.2 cm³/mol. The molecule has 1 aliphatic rings. The van der Waals surface area contributed by atoms with Gasteiger partial charge in [-0.15, -0.1) is 0 Å². The summed E-state index contributed by atoms with van der Waals surface area (Å²) in [5.74, 6) is -1.12. The first-order valence-corrected chi connectivity index (χ1v) is 6.27. The highest BCUT2D eigenvalue weighted by atomic mass is 16.4. The molecule has 0 saturated carbocycles. The summed E-state index contributed by atoms with van der Waals surface area (Å²) in [7, 11) is 0. The van der Waals surface area contributed by atoms with Gasteiger partial charge in [-0.2, -0.15) is 0 Å². The van der Waals surface area contributed by atoms with Crippen molar-refractivity contribution in [2.45, 2.75) is 31.8 Å². The second-order valence-electron chi connectivity index (χ2n) is 4.66. The average molecular weight is 263 g/mol. The molecule has 19 heavy (non-hydrogen) atoms. The third-order valence-electron chi connectivity index (χ3n) is 3.26. The molecule has 3 N–H and O–H groups in total. The van der Waals surface area contributed by atoms with E-state index in [-0.39, 0.29) is 18.7 Å². The summed E-state index contributed by atoms with van der Waals surface area (Å²) in [6.45, 7) is 1.09. The van der Waals surface area contributed by atoms with Gasteiger partial charge in [-0.3, -0.25) is 14.6 Å².